The van der Waals surface area contributed by atoms with Gasteiger partial charge in [0.05, 0.1) is 22.1 Å². The lowest BCUT2D eigenvalue weighted by Crippen LogP contribution is -1.96. The molecule has 306 valence electrons. The van der Waals surface area contributed by atoms with Gasteiger partial charge in [0.25, 0.3) is 0 Å². The molecule has 0 radical (unpaired) electrons. The average Bonchev–Trinajstić information content (AvgIpc) is 3.93. The summed E-state index contributed by atoms with van der Waals surface area (Å²) < 4.78 is 5.00. The molecule has 0 N–H and O–H groups in total. The largest absolute Gasteiger partial charge is 0.309 e. The van der Waals surface area contributed by atoms with Crippen LogP contribution in [0.1, 0.15) is 0 Å². The molecule has 2 heteroatoms. The quantitative estimate of drug-likeness (QED) is 0.163. The Kier molecular flexibility index (Phi) is 8.02. The molecule has 2 nitrogen and oxygen atoms in total. The van der Waals surface area contributed by atoms with E-state index in [0.29, 0.717) is 0 Å². The molecule has 0 saturated carbocycles. The highest BCUT2D eigenvalue weighted by atomic mass is 15.0. The molecule has 0 unspecified atom stereocenters. The maximum Gasteiger partial charge on any atom is 0.0620 e. The minimum Gasteiger partial charge on any atom is -0.309 e. The summed E-state index contributed by atoms with van der Waals surface area (Å²) in [4.78, 5) is 0. The fraction of sp³-hybridized carbons (Fsp3) is 0. The van der Waals surface area contributed by atoms with Crippen molar-refractivity contribution < 1.29 is 0 Å². The third kappa shape index (κ3) is 5.42. The molecule has 0 aliphatic rings. The zero-order chi connectivity index (χ0) is 43.3. The molecular formula is C64H40N2. The zero-order valence-electron chi connectivity index (χ0n) is 36.0. The molecule has 14 aromatic rings. The highest BCUT2D eigenvalue weighted by Crippen LogP contribution is 2.48. The van der Waals surface area contributed by atoms with Gasteiger partial charge in [0, 0.05) is 43.7 Å². The number of rotatable bonds is 5. The van der Waals surface area contributed by atoms with Gasteiger partial charge in [-0.05, 0) is 114 Å². The molecule has 12 aromatic carbocycles. The molecule has 0 fully saturated rings. The van der Waals surface area contributed by atoms with Gasteiger partial charge >= 0.3 is 0 Å². The van der Waals surface area contributed by atoms with Crippen molar-refractivity contribution in [1.82, 2.24) is 9.13 Å². The van der Waals surface area contributed by atoms with E-state index in [1.807, 2.05) is 0 Å². The second-order valence-corrected chi connectivity index (χ2v) is 17.6. The summed E-state index contributed by atoms with van der Waals surface area (Å²) in [6, 6.07) is 89.6. The van der Waals surface area contributed by atoms with Crippen LogP contribution < -0.4 is 0 Å². The van der Waals surface area contributed by atoms with E-state index in [-0.39, 0.29) is 0 Å². The lowest BCUT2D eigenvalue weighted by Gasteiger charge is -2.16. The predicted octanol–water partition coefficient (Wildman–Crippen LogP) is 17.5. The highest BCUT2D eigenvalue weighted by Gasteiger charge is 2.24. The highest BCUT2D eigenvalue weighted by molar-refractivity contribution is 6.31. The monoisotopic (exact) mass is 836 g/mol. The fourth-order valence-electron chi connectivity index (χ4n) is 11.1. The van der Waals surface area contributed by atoms with E-state index in [4.69, 9.17) is 0 Å². The molecule has 0 aliphatic carbocycles. The zero-order valence-corrected chi connectivity index (χ0v) is 36.0. The van der Waals surface area contributed by atoms with Gasteiger partial charge in [-0.3, -0.25) is 0 Å². The van der Waals surface area contributed by atoms with Crippen LogP contribution in [0.25, 0.3) is 131 Å². The van der Waals surface area contributed by atoms with Crippen LogP contribution in [0.4, 0.5) is 0 Å². The van der Waals surface area contributed by atoms with Gasteiger partial charge in [-0.25, -0.2) is 0 Å². The van der Waals surface area contributed by atoms with Crippen molar-refractivity contribution >= 4 is 86.7 Å². The number of aromatic nitrogens is 2. The van der Waals surface area contributed by atoms with Crippen molar-refractivity contribution in [3.05, 3.63) is 243 Å². The number of benzene rings is 12. The Morgan fingerprint density at radius 3 is 0.970 bits per heavy atom. The third-order valence-electron chi connectivity index (χ3n) is 14.1. The molecule has 2 aromatic heterocycles. The summed E-state index contributed by atoms with van der Waals surface area (Å²) in [5.74, 6) is 0. The standard InChI is InChI=1S/C64H40N2/c1-3-15-41(16-4-1)43-27-33-47(34-28-43)65-59-37-31-45-19-7-9-21-49(45)61(59)57-39-55(51-23-11-13-25-53(51)63(57)65)56-40-58-62-50-22-10-8-20-46(50)32-38-60(62)66(64(58)54-26-14-12-24-52(54)56)48-35-29-44(30-36-48)42-17-5-2-6-18-42/h1-40H. The molecule has 0 amide bonds. The number of hydrogen-bond donors (Lipinski definition) is 0. The van der Waals surface area contributed by atoms with E-state index in [1.54, 1.807) is 0 Å². The van der Waals surface area contributed by atoms with Gasteiger partial charge < -0.3 is 9.13 Å². The van der Waals surface area contributed by atoms with Gasteiger partial charge in [0.1, 0.15) is 0 Å². The molecule has 0 spiro atoms. The van der Waals surface area contributed by atoms with Crippen LogP contribution in [-0.4, -0.2) is 9.13 Å². The van der Waals surface area contributed by atoms with Crippen molar-refractivity contribution in [3.63, 3.8) is 0 Å². The number of hydrogen-bond acceptors (Lipinski definition) is 0. The van der Waals surface area contributed by atoms with Gasteiger partial charge in [-0.15, -0.1) is 0 Å². The van der Waals surface area contributed by atoms with Crippen molar-refractivity contribution in [1.29, 1.82) is 0 Å². The first-order valence-corrected chi connectivity index (χ1v) is 22.8. The van der Waals surface area contributed by atoms with E-state index in [2.05, 4.69) is 252 Å². The Labute approximate surface area is 381 Å². The van der Waals surface area contributed by atoms with E-state index in [1.165, 1.54) is 120 Å². The molecule has 2 heterocycles. The topological polar surface area (TPSA) is 9.86 Å². The normalized spacial score (nSPS) is 11.9. The van der Waals surface area contributed by atoms with Gasteiger partial charge in [0.15, 0.2) is 0 Å². The van der Waals surface area contributed by atoms with Gasteiger partial charge in [-0.2, -0.15) is 0 Å². The Hall–Kier alpha value is -8.72. The van der Waals surface area contributed by atoms with E-state index >= 15 is 0 Å². The summed E-state index contributed by atoms with van der Waals surface area (Å²) >= 11 is 0. The Balaban J connectivity index is 1.09. The molecule has 0 bridgehead atoms. The van der Waals surface area contributed by atoms with Crippen molar-refractivity contribution in [3.8, 4) is 44.8 Å². The van der Waals surface area contributed by atoms with Crippen LogP contribution >= 0.6 is 0 Å². The molecular weight excluding hydrogens is 797 g/mol. The lowest BCUT2D eigenvalue weighted by atomic mass is 9.90. The van der Waals surface area contributed by atoms with Crippen LogP contribution in [0.3, 0.4) is 0 Å². The molecule has 14 rings (SSSR count). The third-order valence-corrected chi connectivity index (χ3v) is 14.1. The first kappa shape index (κ1) is 36.7. The second kappa shape index (κ2) is 14.4. The van der Waals surface area contributed by atoms with Crippen LogP contribution in [0.2, 0.25) is 0 Å². The lowest BCUT2D eigenvalue weighted by molar-refractivity contribution is 1.19. The van der Waals surface area contributed by atoms with Crippen LogP contribution in [0.5, 0.6) is 0 Å². The first-order valence-electron chi connectivity index (χ1n) is 22.8. The second-order valence-electron chi connectivity index (χ2n) is 17.6. The Bertz CT molecular complexity index is 3950. The van der Waals surface area contributed by atoms with E-state index in [0.717, 1.165) is 11.4 Å². The Morgan fingerprint density at radius 2 is 0.561 bits per heavy atom. The minimum absolute atomic E-state index is 1.14. The molecule has 0 atom stereocenters. The summed E-state index contributed by atoms with van der Waals surface area (Å²) in [6.07, 6.45) is 0. The maximum atomic E-state index is 2.51. The van der Waals surface area contributed by atoms with Crippen LogP contribution in [0.15, 0.2) is 243 Å². The van der Waals surface area contributed by atoms with E-state index < -0.39 is 0 Å². The molecule has 0 saturated heterocycles. The van der Waals surface area contributed by atoms with Gasteiger partial charge in [-0.1, -0.05) is 194 Å². The smallest absolute Gasteiger partial charge is 0.0620 e. The predicted molar refractivity (Wildman–Crippen MR) is 281 cm³/mol. The van der Waals surface area contributed by atoms with Gasteiger partial charge in [0.2, 0.25) is 0 Å². The van der Waals surface area contributed by atoms with Crippen molar-refractivity contribution in [2.75, 3.05) is 0 Å². The van der Waals surface area contributed by atoms with Crippen molar-refractivity contribution in [2.24, 2.45) is 0 Å². The fourth-order valence-corrected chi connectivity index (χ4v) is 11.1. The summed E-state index contributed by atoms with van der Waals surface area (Å²) in [6.45, 7) is 0. The summed E-state index contributed by atoms with van der Waals surface area (Å²) in [5.41, 5.74) is 14.4. The number of fused-ring (bicyclic) bond motifs is 14. The van der Waals surface area contributed by atoms with E-state index in [9.17, 15) is 0 Å². The molecule has 66 heavy (non-hydrogen) atoms. The first-order chi connectivity index (χ1) is 32.8. The SMILES string of the molecule is c1ccc(-c2ccc(-n3c4ccc5ccccc5c4c4cc(-c5cc6c7c8ccccc8ccc7n(-c7ccc(-c8ccccc8)cc7)c6c6ccccc56)c5ccccc5c43)cc2)cc1. The van der Waals surface area contributed by atoms with Crippen LogP contribution in [-0.2, 0) is 0 Å². The number of nitrogens with zero attached hydrogens (tertiary/aromatic N) is 2. The molecule has 0 aliphatic heterocycles. The Morgan fingerprint density at radius 1 is 0.227 bits per heavy atom. The van der Waals surface area contributed by atoms with Crippen molar-refractivity contribution in [2.45, 2.75) is 0 Å². The van der Waals surface area contributed by atoms with Crippen LogP contribution in [0, 0.1) is 0 Å². The minimum atomic E-state index is 1.14. The maximum absolute atomic E-state index is 2.51. The summed E-state index contributed by atoms with van der Waals surface area (Å²) in [5, 5.41) is 15.0. The summed E-state index contributed by atoms with van der Waals surface area (Å²) in [7, 11) is 0. The average molecular weight is 837 g/mol.